The summed E-state index contributed by atoms with van der Waals surface area (Å²) in [5.41, 5.74) is 1.06. The second-order valence-electron chi connectivity index (χ2n) is 7.32. The fourth-order valence-electron chi connectivity index (χ4n) is 3.10. The average molecular weight is 426 g/mol. The van der Waals surface area contributed by atoms with Gasteiger partial charge in [-0.05, 0) is 54.7 Å². The third kappa shape index (κ3) is 4.45. The molecule has 2 unspecified atom stereocenters. The number of hydrogen-bond acceptors (Lipinski definition) is 3. The lowest BCUT2D eigenvalue weighted by Gasteiger charge is -2.14. The molecule has 156 valence electrons. The van der Waals surface area contributed by atoms with Crippen molar-refractivity contribution in [2.24, 2.45) is 5.92 Å². The molecule has 1 N–H and O–H groups in total. The van der Waals surface area contributed by atoms with E-state index >= 15 is 0 Å². The highest BCUT2D eigenvalue weighted by atomic mass is 32.2. The Morgan fingerprint density at radius 3 is 2.28 bits per heavy atom. The van der Waals surface area contributed by atoms with E-state index in [1.807, 2.05) is 0 Å². The highest BCUT2D eigenvalue weighted by Crippen LogP contribution is 2.48. The lowest BCUT2D eigenvalue weighted by atomic mass is 10.1. The summed E-state index contributed by atoms with van der Waals surface area (Å²) in [5, 5.41) is 2.76. The van der Waals surface area contributed by atoms with Crippen LogP contribution in [0.2, 0.25) is 0 Å². The van der Waals surface area contributed by atoms with Crippen LogP contribution in [0.1, 0.15) is 29.0 Å². The van der Waals surface area contributed by atoms with Crippen molar-refractivity contribution < 1.29 is 26.4 Å². The van der Waals surface area contributed by atoms with Crippen molar-refractivity contribution in [3.8, 4) is 0 Å². The molecule has 1 amide bonds. The molecule has 5 nitrogen and oxygen atoms in total. The summed E-state index contributed by atoms with van der Waals surface area (Å²) < 4.78 is 63.7. The second kappa shape index (κ2) is 7.46. The number of halogens is 3. The molecule has 2 aromatic carbocycles. The fraction of sp³-hybridized carbons (Fsp3) is 0.350. The Labute approximate surface area is 167 Å². The van der Waals surface area contributed by atoms with E-state index in [9.17, 15) is 26.4 Å². The molecule has 0 aliphatic heterocycles. The summed E-state index contributed by atoms with van der Waals surface area (Å²) >= 11 is 0. The molecule has 29 heavy (non-hydrogen) atoms. The first-order chi connectivity index (χ1) is 13.4. The van der Waals surface area contributed by atoms with Gasteiger partial charge in [0.05, 0.1) is 10.5 Å². The van der Waals surface area contributed by atoms with Crippen LogP contribution in [0.3, 0.4) is 0 Å². The zero-order chi connectivity index (χ0) is 21.6. The minimum atomic E-state index is -4.39. The summed E-state index contributed by atoms with van der Waals surface area (Å²) in [6.07, 6.45) is -3.86. The molecule has 1 aliphatic carbocycles. The van der Waals surface area contributed by atoms with Gasteiger partial charge in [0.25, 0.3) is 0 Å². The van der Waals surface area contributed by atoms with E-state index in [-0.39, 0.29) is 22.6 Å². The van der Waals surface area contributed by atoms with Crippen LogP contribution in [-0.2, 0) is 21.0 Å². The third-order valence-electron chi connectivity index (χ3n) is 5.04. The van der Waals surface area contributed by atoms with Crippen LogP contribution in [0.5, 0.6) is 0 Å². The Hall–Kier alpha value is -2.39. The summed E-state index contributed by atoms with van der Waals surface area (Å²) in [6.45, 7) is 1.75. The van der Waals surface area contributed by atoms with Crippen molar-refractivity contribution in [2.45, 2.75) is 30.3 Å². The van der Waals surface area contributed by atoms with E-state index in [2.05, 4.69) is 5.32 Å². The van der Waals surface area contributed by atoms with Gasteiger partial charge in [-0.1, -0.05) is 18.2 Å². The molecule has 0 saturated heterocycles. The summed E-state index contributed by atoms with van der Waals surface area (Å²) in [7, 11) is -0.791. The highest BCUT2D eigenvalue weighted by molar-refractivity contribution is 7.89. The number of sulfonamides is 1. The number of benzene rings is 2. The Bertz CT molecular complexity index is 1030. The molecule has 1 fully saturated rings. The van der Waals surface area contributed by atoms with Gasteiger partial charge in [0.1, 0.15) is 0 Å². The van der Waals surface area contributed by atoms with Crippen LogP contribution < -0.4 is 5.32 Å². The van der Waals surface area contributed by atoms with Gasteiger partial charge in [-0.2, -0.15) is 13.2 Å². The molecule has 0 spiro atoms. The molecular formula is C20H21F3N2O3S. The van der Waals surface area contributed by atoms with E-state index in [4.69, 9.17) is 0 Å². The zero-order valence-electron chi connectivity index (χ0n) is 16.1. The van der Waals surface area contributed by atoms with E-state index < -0.39 is 21.8 Å². The Kier molecular flexibility index (Phi) is 5.48. The molecule has 2 aromatic rings. The maximum atomic E-state index is 12.7. The number of carbonyl (C=O) groups excluding carboxylic acids is 1. The standard InChI is InChI=1S/C20H21F3N2O3S/c1-12-4-9-15(29(27,28)25(2)3)10-18(12)24-19(26)17-11-16(17)13-5-7-14(8-6-13)20(21,22)23/h4-10,16-17H,11H2,1-3H3,(H,24,26). The molecule has 0 heterocycles. The monoisotopic (exact) mass is 426 g/mol. The largest absolute Gasteiger partial charge is 0.416 e. The van der Waals surface area contributed by atoms with Gasteiger partial charge < -0.3 is 5.32 Å². The molecule has 1 aliphatic rings. The number of aryl methyl sites for hydroxylation is 1. The van der Waals surface area contributed by atoms with Crippen LogP contribution in [-0.4, -0.2) is 32.7 Å². The normalized spacial score (nSPS) is 19.3. The number of rotatable bonds is 5. The smallest absolute Gasteiger partial charge is 0.326 e. The van der Waals surface area contributed by atoms with Crippen LogP contribution in [0.4, 0.5) is 18.9 Å². The quantitative estimate of drug-likeness (QED) is 0.786. The summed E-state index contributed by atoms with van der Waals surface area (Å²) in [6, 6.07) is 9.34. The van der Waals surface area contributed by atoms with Crippen molar-refractivity contribution in [2.75, 3.05) is 19.4 Å². The molecule has 1 saturated carbocycles. The van der Waals surface area contributed by atoms with Gasteiger partial charge in [0.15, 0.2) is 0 Å². The number of anilines is 1. The topological polar surface area (TPSA) is 66.5 Å². The number of hydrogen-bond donors (Lipinski definition) is 1. The highest BCUT2D eigenvalue weighted by Gasteiger charge is 2.44. The van der Waals surface area contributed by atoms with Gasteiger partial charge in [-0.15, -0.1) is 0 Å². The average Bonchev–Trinajstić information content (AvgIpc) is 3.43. The first kappa shape index (κ1) is 21.3. The summed E-state index contributed by atoms with van der Waals surface area (Å²) in [4.78, 5) is 12.6. The van der Waals surface area contributed by atoms with Crippen LogP contribution in [0, 0.1) is 12.8 Å². The van der Waals surface area contributed by atoms with Crippen molar-refractivity contribution in [1.29, 1.82) is 0 Å². The molecule has 0 bridgehead atoms. The van der Waals surface area contributed by atoms with E-state index in [0.29, 0.717) is 23.2 Å². The van der Waals surface area contributed by atoms with Crippen molar-refractivity contribution in [3.63, 3.8) is 0 Å². The van der Waals surface area contributed by atoms with Crippen LogP contribution in [0.25, 0.3) is 0 Å². The summed E-state index contributed by atoms with van der Waals surface area (Å²) in [5.74, 6) is -0.788. The van der Waals surface area contributed by atoms with E-state index in [0.717, 1.165) is 16.4 Å². The lowest BCUT2D eigenvalue weighted by Crippen LogP contribution is -2.22. The minimum absolute atomic E-state index is 0.0680. The minimum Gasteiger partial charge on any atom is -0.326 e. The van der Waals surface area contributed by atoms with E-state index in [1.54, 1.807) is 13.0 Å². The number of nitrogens with one attached hydrogen (secondary N) is 1. The number of carbonyl (C=O) groups is 1. The number of alkyl halides is 3. The number of nitrogens with zero attached hydrogens (tertiary/aromatic N) is 1. The first-order valence-electron chi connectivity index (χ1n) is 8.92. The molecule has 3 rings (SSSR count). The molecule has 9 heteroatoms. The molecule has 0 aromatic heterocycles. The van der Waals surface area contributed by atoms with Gasteiger partial charge >= 0.3 is 6.18 Å². The molecular weight excluding hydrogens is 405 g/mol. The van der Waals surface area contributed by atoms with Crippen molar-refractivity contribution >= 4 is 21.6 Å². The second-order valence-corrected chi connectivity index (χ2v) is 9.47. The first-order valence-corrected chi connectivity index (χ1v) is 10.4. The van der Waals surface area contributed by atoms with Gasteiger partial charge in [-0.3, -0.25) is 4.79 Å². The molecule has 2 atom stereocenters. The Morgan fingerprint density at radius 2 is 1.72 bits per heavy atom. The fourth-order valence-corrected chi connectivity index (χ4v) is 4.03. The SMILES string of the molecule is Cc1ccc(S(=O)(=O)N(C)C)cc1NC(=O)C1CC1c1ccc(C(F)(F)F)cc1. The number of amides is 1. The maximum absolute atomic E-state index is 12.7. The van der Waals surface area contributed by atoms with Gasteiger partial charge in [0, 0.05) is 25.7 Å². The van der Waals surface area contributed by atoms with Crippen molar-refractivity contribution in [1.82, 2.24) is 4.31 Å². The Balaban J connectivity index is 1.72. The molecule has 0 radical (unpaired) electrons. The van der Waals surface area contributed by atoms with Crippen LogP contribution >= 0.6 is 0 Å². The van der Waals surface area contributed by atoms with Crippen molar-refractivity contribution in [3.05, 3.63) is 59.2 Å². The zero-order valence-corrected chi connectivity index (χ0v) is 16.9. The van der Waals surface area contributed by atoms with E-state index in [1.165, 1.54) is 38.4 Å². The van der Waals surface area contributed by atoms with Gasteiger partial charge in [-0.25, -0.2) is 12.7 Å². The van der Waals surface area contributed by atoms with Gasteiger partial charge in [0.2, 0.25) is 15.9 Å². The maximum Gasteiger partial charge on any atom is 0.416 e. The Morgan fingerprint density at radius 1 is 1.10 bits per heavy atom. The predicted molar refractivity (Wildman–Crippen MR) is 103 cm³/mol. The predicted octanol–water partition coefficient (Wildman–Crippen LogP) is 4.01. The third-order valence-corrected chi connectivity index (χ3v) is 6.85. The lowest BCUT2D eigenvalue weighted by molar-refractivity contribution is -0.137. The van der Waals surface area contributed by atoms with Crippen LogP contribution in [0.15, 0.2) is 47.4 Å².